The summed E-state index contributed by atoms with van der Waals surface area (Å²) in [7, 11) is 0. The largest absolute Gasteiger partial charge is 0.492 e. The van der Waals surface area contributed by atoms with Gasteiger partial charge < -0.3 is 19.9 Å². The highest BCUT2D eigenvalue weighted by Gasteiger charge is 2.20. The molecule has 0 aliphatic carbocycles. The van der Waals surface area contributed by atoms with Crippen molar-refractivity contribution in [3.05, 3.63) is 24.3 Å². The summed E-state index contributed by atoms with van der Waals surface area (Å²) >= 11 is 5.48. The molecule has 1 aromatic rings. The molecule has 0 spiro atoms. The van der Waals surface area contributed by atoms with E-state index < -0.39 is 0 Å². The smallest absolute Gasteiger partial charge is 0.169 e. The lowest BCUT2D eigenvalue weighted by molar-refractivity contribution is 0.336. The molecule has 22 heavy (non-hydrogen) atoms. The highest BCUT2D eigenvalue weighted by molar-refractivity contribution is 7.80. The van der Waals surface area contributed by atoms with Crippen molar-refractivity contribution < 1.29 is 4.74 Å². The van der Waals surface area contributed by atoms with Crippen LogP contribution in [0.25, 0.3) is 0 Å². The number of ether oxygens (including phenoxy) is 1. The first-order valence-electron chi connectivity index (χ1n) is 8.25. The predicted octanol–water partition coefficient (Wildman–Crippen LogP) is 2.88. The van der Waals surface area contributed by atoms with Gasteiger partial charge in [-0.2, -0.15) is 0 Å². The molecular weight excluding hydrogens is 294 g/mol. The molecule has 122 valence electrons. The van der Waals surface area contributed by atoms with Crippen molar-refractivity contribution >= 4 is 23.0 Å². The molecule has 1 saturated heterocycles. The Morgan fingerprint density at radius 2 is 1.91 bits per heavy atom. The number of hydrogen-bond acceptors (Lipinski definition) is 3. The van der Waals surface area contributed by atoms with Crippen LogP contribution in [0.2, 0.25) is 0 Å². The Kier molecular flexibility index (Phi) is 6.77. The SMILES string of the molecule is CCCCNC(=S)N1CCN(c2ccccc2OCC)CC1. The fourth-order valence-electron chi connectivity index (χ4n) is 2.63. The molecule has 0 aromatic heterocycles. The summed E-state index contributed by atoms with van der Waals surface area (Å²) < 4.78 is 5.74. The van der Waals surface area contributed by atoms with Gasteiger partial charge in [0.2, 0.25) is 0 Å². The fraction of sp³-hybridized carbons (Fsp3) is 0.588. The predicted molar refractivity (Wildman–Crippen MR) is 96.9 cm³/mol. The van der Waals surface area contributed by atoms with Crippen LogP contribution in [-0.2, 0) is 0 Å². The number of rotatable bonds is 6. The average Bonchev–Trinajstić information content (AvgIpc) is 2.56. The zero-order valence-corrected chi connectivity index (χ0v) is 14.5. The molecular formula is C17H27N3OS. The van der Waals surface area contributed by atoms with Crippen molar-refractivity contribution in [1.29, 1.82) is 0 Å². The van der Waals surface area contributed by atoms with E-state index in [0.29, 0.717) is 6.61 Å². The summed E-state index contributed by atoms with van der Waals surface area (Å²) in [5, 5.41) is 4.25. The molecule has 1 aromatic carbocycles. The highest BCUT2D eigenvalue weighted by Crippen LogP contribution is 2.28. The van der Waals surface area contributed by atoms with Gasteiger partial charge in [-0.25, -0.2) is 0 Å². The third-order valence-electron chi connectivity index (χ3n) is 3.88. The lowest BCUT2D eigenvalue weighted by atomic mass is 10.2. The average molecular weight is 321 g/mol. The van der Waals surface area contributed by atoms with Crippen LogP contribution in [0.3, 0.4) is 0 Å². The van der Waals surface area contributed by atoms with Gasteiger partial charge in [0.15, 0.2) is 5.11 Å². The van der Waals surface area contributed by atoms with E-state index in [0.717, 1.165) is 43.6 Å². The molecule has 5 heteroatoms. The van der Waals surface area contributed by atoms with Crippen molar-refractivity contribution in [2.45, 2.75) is 26.7 Å². The lowest BCUT2D eigenvalue weighted by Gasteiger charge is -2.38. The molecule has 1 aliphatic rings. The molecule has 0 bridgehead atoms. The minimum absolute atomic E-state index is 0.697. The molecule has 0 unspecified atom stereocenters. The molecule has 2 rings (SSSR count). The van der Waals surface area contributed by atoms with Crippen LogP contribution in [0.5, 0.6) is 5.75 Å². The number of piperazine rings is 1. The molecule has 0 saturated carbocycles. The summed E-state index contributed by atoms with van der Waals surface area (Å²) in [4.78, 5) is 4.65. The van der Waals surface area contributed by atoms with Crippen molar-refractivity contribution in [2.75, 3.05) is 44.2 Å². The molecule has 0 radical (unpaired) electrons. The third kappa shape index (κ3) is 4.50. The third-order valence-corrected chi connectivity index (χ3v) is 4.28. The zero-order chi connectivity index (χ0) is 15.8. The summed E-state index contributed by atoms with van der Waals surface area (Å²) in [5.41, 5.74) is 1.19. The number of nitrogens with zero attached hydrogens (tertiary/aromatic N) is 2. The lowest BCUT2D eigenvalue weighted by Crippen LogP contribution is -2.52. The number of nitrogens with one attached hydrogen (secondary N) is 1. The van der Waals surface area contributed by atoms with Crippen molar-refractivity contribution in [3.63, 3.8) is 0 Å². The van der Waals surface area contributed by atoms with Crippen LogP contribution in [0.15, 0.2) is 24.3 Å². The first-order valence-corrected chi connectivity index (χ1v) is 8.66. The highest BCUT2D eigenvalue weighted by atomic mass is 32.1. The van der Waals surface area contributed by atoms with Gasteiger partial charge in [0.1, 0.15) is 5.75 Å². The second-order valence-electron chi connectivity index (χ2n) is 5.46. The molecule has 1 aliphatic heterocycles. The summed E-state index contributed by atoms with van der Waals surface area (Å²) in [6, 6.07) is 8.28. The minimum atomic E-state index is 0.697. The van der Waals surface area contributed by atoms with Gasteiger partial charge >= 0.3 is 0 Å². The van der Waals surface area contributed by atoms with Crippen LogP contribution < -0.4 is 15.0 Å². The van der Waals surface area contributed by atoms with E-state index in [4.69, 9.17) is 17.0 Å². The van der Waals surface area contributed by atoms with Crippen LogP contribution in [0.4, 0.5) is 5.69 Å². The van der Waals surface area contributed by atoms with Crippen LogP contribution in [0.1, 0.15) is 26.7 Å². The van der Waals surface area contributed by atoms with Crippen molar-refractivity contribution in [1.82, 2.24) is 10.2 Å². The Bertz CT molecular complexity index is 473. The minimum Gasteiger partial charge on any atom is -0.492 e. The van der Waals surface area contributed by atoms with E-state index in [-0.39, 0.29) is 0 Å². The molecule has 1 N–H and O–H groups in total. The Balaban J connectivity index is 1.88. The Labute approximate surface area is 139 Å². The maximum Gasteiger partial charge on any atom is 0.169 e. The zero-order valence-electron chi connectivity index (χ0n) is 13.7. The van der Waals surface area contributed by atoms with Crippen LogP contribution in [-0.4, -0.2) is 49.3 Å². The van der Waals surface area contributed by atoms with Gasteiger partial charge in [-0.3, -0.25) is 0 Å². The van der Waals surface area contributed by atoms with Gasteiger partial charge in [-0.1, -0.05) is 25.5 Å². The van der Waals surface area contributed by atoms with Crippen molar-refractivity contribution in [2.24, 2.45) is 0 Å². The van der Waals surface area contributed by atoms with Gasteiger partial charge in [-0.05, 0) is 37.7 Å². The number of thiocarbonyl (C=S) groups is 1. The maximum atomic E-state index is 5.74. The molecule has 1 heterocycles. The Morgan fingerprint density at radius 1 is 1.18 bits per heavy atom. The Morgan fingerprint density at radius 3 is 2.59 bits per heavy atom. The number of benzene rings is 1. The van der Waals surface area contributed by atoms with Gasteiger partial charge in [0.05, 0.1) is 12.3 Å². The number of hydrogen-bond donors (Lipinski definition) is 1. The fourth-order valence-corrected chi connectivity index (χ4v) is 2.91. The van der Waals surface area contributed by atoms with Gasteiger partial charge in [0, 0.05) is 32.7 Å². The second kappa shape index (κ2) is 8.83. The molecule has 0 atom stereocenters. The normalized spacial score (nSPS) is 14.8. The summed E-state index contributed by atoms with van der Waals surface area (Å²) in [6.07, 6.45) is 2.36. The maximum absolute atomic E-state index is 5.74. The summed E-state index contributed by atoms with van der Waals surface area (Å²) in [6.45, 7) is 9.75. The monoisotopic (exact) mass is 321 g/mol. The van der Waals surface area contributed by atoms with Gasteiger partial charge in [-0.15, -0.1) is 0 Å². The molecule has 0 amide bonds. The number of para-hydroxylation sites is 2. The molecule has 4 nitrogen and oxygen atoms in total. The van der Waals surface area contributed by atoms with Gasteiger partial charge in [0.25, 0.3) is 0 Å². The quantitative estimate of drug-likeness (QED) is 0.642. The van der Waals surface area contributed by atoms with Crippen LogP contribution >= 0.6 is 12.2 Å². The van der Waals surface area contributed by atoms with E-state index in [1.54, 1.807) is 0 Å². The van der Waals surface area contributed by atoms with Crippen molar-refractivity contribution in [3.8, 4) is 5.75 Å². The van der Waals surface area contributed by atoms with E-state index in [2.05, 4.69) is 34.2 Å². The molecule has 1 fully saturated rings. The first-order chi connectivity index (χ1) is 10.8. The first kappa shape index (κ1) is 16.9. The summed E-state index contributed by atoms with van der Waals surface area (Å²) in [5.74, 6) is 0.974. The Hall–Kier alpha value is -1.49. The number of anilines is 1. The number of unbranched alkanes of at least 4 members (excludes halogenated alkanes) is 1. The topological polar surface area (TPSA) is 27.7 Å². The van der Waals surface area contributed by atoms with Crippen LogP contribution in [0, 0.1) is 0 Å². The van der Waals surface area contributed by atoms with E-state index in [1.807, 2.05) is 19.1 Å². The standard InChI is InChI=1S/C17H27N3OS/c1-3-5-10-18-17(22)20-13-11-19(12-14-20)15-8-6-7-9-16(15)21-4-2/h6-9H,3-5,10-14H2,1-2H3,(H,18,22). The van der Waals surface area contributed by atoms with E-state index >= 15 is 0 Å². The second-order valence-corrected chi connectivity index (χ2v) is 5.85. The van der Waals surface area contributed by atoms with E-state index in [1.165, 1.54) is 18.5 Å². The van der Waals surface area contributed by atoms with E-state index in [9.17, 15) is 0 Å².